The summed E-state index contributed by atoms with van der Waals surface area (Å²) in [6, 6.07) is 8.77. The third-order valence-corrected chi connectivity index (χ3v) is 1.75. The van der Waals surface area contributed by atoms with E-state index in [4.69, 9.17) is 10.00 Å². The molecule has 0 unspecified atom stereocenters. The monoisotopic (exact) mass is 175 g/mol. The Morgan fingerprint density at radius 2 is 2.08 bits per heavy atom. The van der Waals surface area contributed by atoms with Gasteiger partial charge in [0.1, 0.15) is 18.0 Å². The molecule has 0 aromatic heterocycles. The van der Waals surface area contributed by atoms with Gasteiger partial charge in [0, 0.05) is 0 Å². The smallest absolute Gasteiger partial charge is 0.141 e. The van der Waals surface area contributed by atoms with Gasteiger partial charge in [-0.2, -0.15) is 5.26 Å². The van der Waals surface area contributed by atoms with E-state index in [-0.39, 0.29) is 0 Å². The highest BCUT2D eigenvalue weighted by molar-refractivity contribution is 5.66. The fourth-order valence-electron chi connectivity index (χ4n) is 0.995. The molecule has 0 N–H and O–H groups in total. The number of ether oxygens (including phenoxy) is 1. The zero-order valence-corrected chi connectivity index (χ0v) is 7.23. The zero-order chi connectivity index (χ0) is 9.68. The molecule has 3 heteroatoms. The van der Waals surface area contributed by atoms with Crippen LogP contribution in [0.5, 0.6) is 5.75 Å². The van der Waals surface area contributed by atoms with Gasteiger partial charge in [-0.15, -0.1) is 0 Å². The SMILES string of the molecule is COc1ccc([C@H](C#N)C=O)cc1. The lowest BCUT2D eigenvalue weighted by molar-refractivity contribution is -0.108. The molecule has 0 aliphatic carbocycles. The summed E-state index contributed by atoms with van der Waals surface area (Å²) >= 11 is 0. The Hall–Kier alpha value is -1.82. The van der Waals surface area contributed by atoms with E-state index in [9.17, 15) is 4.79 Å². The molecule has 3 nitrogen and oxygen atoms in total. The van der Waals surface area contributed by atoms with E-state index in [0.29, 0.717) is 17.6 Å². The Kier molecular flexibility index (Phi) is 3.04. The van der Waals surface area contributed by atoms with Crippen molar-refractivity contribution < 1.29 is 9.53 Å². The van der Waals surface area contributed by atoms with Gasteiger partial charge in [-0.25, -0.2) is 0 Å². The minimum absolute atomic E-state index is 0.627. The van der Waals surface area contributed by atoms with E-state index in [1.165, 1.54) is 0 Å². The molecule has 0 fully saturated rings. The van der Waals surface area contributed by atoms with Crippen molar-refractivity contribution in [2.24, 2.45) is 0 Å². The van der Waals surface area contributed by atoms with Crippen molar-refractivity contribution in [1.29, 1.82) is 5.26 Å². The van der Waals surface area contributed by atoms with Crippen LogP contribution in [0.15, 0.2) is 24.3 Å². The minimum Gasteiger partial charge on any atom is -0.497 e. The van der Waals surface area contributed by atoms with Crippen LogP contribution in [-0.2, 0) is 4.79 Å². The molecule has 0 radical (unpaired) electrons. The van der Waals surface area contributed by atoms with E-state index in [1.807, 2.05) is 6.07 Å². The number of carbonyl (C=O) groups is 1. The van der Waals surface area contributed by atoms with E-state index in [0.717, 1.165) is 0 Å². The van der Waals surface area contributed by atoms with Crippen molar-refractivity contribution in [2.75, 3.05) is 7.11 Å². The second-order valence-corrected chi connectivity index (χ2v) is 2.52. The van der Waals surface area contributed by atoms with Crippen LogP contribution in [0.3, 0.4) is 0 Å². The average Bonchev–Trinajstić information content (AvgIpc) is 2.21. The topological polar surface area (TPSA) is 50.1 Å². The molecular weight excluding hydrogens is 166 g/mol. The van der Waals surface area contributed by atoms with Crippen LogP contribution < -0.4 is 4.74 Å². The second-order valence-electron chi connectivity index (χ2n) is 2.52. The molecule has 1 aromatic rings. The summed E-state index contributed by atoms with van der Waals surface area (Å²) in [6.45, 7) is 0. The Morgan fingerprint density at radius 1 is 1.46 bits per heavy atom. The third kappa shape index (κ3) is 2.06. The van der Waals surface area contributed by atoms with Crippen LogP contribution in [0.25, 0.3) is 0 Å². The maximum absolute atomic E-state index is 10.4. The molecule has 0 aliphatic rings. The number of nitrogens with zero attached hydrogens (tertiary/aromatic N) is 1. The zero-order valence-electron chi connectivity index (χ0n) is 7.23. The van der Waals surface area contributed by atoms with Crippen molar-refractivity contribution in [3.05, 3.63) is 29.8 Å². The standard InChI is InChI=1S/C10H9NO2/c1-13-10-4-2-8(3-5-10)9(6-11)7-12/h2-5,7,9H,1H3/t9-/m1/s1. The quantitative estimate of drug-likeness (QED) is 0.654. The predicted molar refractivity (Wildman–Crippen MR) is 47.4 cm³/mol. The number of hydrogen-bond acceptors (Lipinski definition) is 3. The molecule has 0 aliphatic heterocycles. The maximum atomic E-state index is 10.4. The minimum atomic E-state index is -0.675. The average molecular weight is 175 g/mol. The maximum Gasteiger partial charge on any atom is 0.141 e. The highest BCUT2D eigenvalue weighted by Gasteiger charge is 2.07. The fourth-order valence-corrected chi connectivity index (χ4v) is 0.995. The van der Waals surface area contributed by atoms with E-state index in [1.54, 1.807) is 31.4 Å². The molecule has 0 saturated carbocycles. The van der Waals surface area contributed by atoms with Crippen molar-refractivity contribution in [3.8, 4) is 11.8 Å². The molecule has 66 valence electrons. The van der Waals surface area contributed by atoms with Gasteiger partial charge in [0.05, 0.1) is 13.2 Å². The number of hydrogen-bond donors (Lipinski definition) is 0. The van der Waals surface area contributed by atoms with Gasteiger partial charge in [-0.3, -0.25) is 0 Å². The van der Waals surface area contributed by atoms with Gasteiger partial charge in [0.2, 0.25) is 0 Å². The molecule has 0 amide bonds. The molecule has 0 heterocycles. The second kappa shape index (κ2) is 4.27. The summed E-state index contributed by atoms with van der Waals surface area (Å²) in [7, 11) is 1.57. The number of aldehydes is 1. The Labute approximate surface area is 76.6 Å². The lowest BCUT2D eigenvalue weighted by atomic mass is 10.0. The van der Waals surface area contributed by atoms with Crippen LogP contribution in [0.4, 0.5) is 0 Å². The molecule has 0 spiro atoms. The van der Waals surface area contributed by atoms with Crippen molar-refractivity contribution in [2.45, 2.75) is 5.92 Å². The Bertz CT molecular complexity index is 324. The number of rotatable bonds is 3. The van der Waals surface area contributed by atoms with Gasteiger partial charge in [-0.1, -0.05) is 12.1 Å². The highest BCUT2D eigenvalue weighted by Crippen LogP contribution is 2.17. The normalized spacial score (nSPS) is 11.4. The highest BCUT2D eigenvalue weighted by atomic mass is 16.5. The van der Waals surface area contributed by atoms with Crippen molar-refractivity contribution in [3.63, 3.8) is 0 Å². The Morgan fingerprint density at radius 3 is 2.46 bits per heavy atom. The fraction of sp³-hybridized carbons (Fsp3) is 0.200. The third-order valence-electron chi connectivity index (χ3n) is 1.75. The lowest BCUT2D eigenvalue weighted by Crippen LogP contribution is -1.96. The molecule has 0 saturated heterocycles. The van der Waals surface area contributed by atoms with Crippen LogP contribution in [0.2, 0.25) is 0 Å². The molecule has 1 atom stereocenters. The number of nitriles is 1. The van der Waals surface area contributed by atoms with E-state index < -0.39 is 5.92 Å². The molecular formula is C10H9NO2. The first-order valence-corrected chi connectivity index (χ1v) is 3.80. The first kappa shape index (κ1) is 9.27. The Balaban J connectivity index is 2.92. The summed E-state index contributed by atoms with van der Waals surface area (Å²) < 4.78 is 4.94. The summed E-state index contributed by atoms with van der Waals surface area (Å²) in [5, 5.41) is 8.59. The van der Waals surface area contributed by atoms with Crippen molar-refractivity contribution >= 4 is 6.29 Å². The van der Waals surface area contributed by atoms with Crippen LogP contribution in [0, 0.1) is 11.3 Å². The van der Waals surface area contributed by atoms with Gasteiger partial charge >= 0.3 is 0 Å². The van der Waals surface area contributed by atoms with E-state index in [2.05, 4.69) is 0 Å². The molecule has 1 aromatic carbocycles. The first-order valence-electron chi connectivity index (χ1n) is 3.80. The summed E-state index contributed by atoms with van der Waals surface area (Å²) in [5.74, 6) is 0.0391. The molecule has 1 rings (SSSR count). The summed E-state index contributed by atoms with van der Waals surface area (Å²) in [5.41, 5.74) is 0.693. The van der Waals surface area contributed by atoms with Crippen LogP contribution >= 0.6 is 0 Å². The number of benzene rings is 1. The molecule has 0 bridgehead atoms. The van der Waals surface area contributed by atoms with Crippen LogP contribution in [0.1, 0.15) is 11.5 Å². The van der Waals surface area contributed by atoms with Gasteiger partial charge in [-0.05, 0) is 17.7 Å². The van der Waals surface area contributed by atoms with Gasteiger partial charge in [0.15, 0.2) is 0 Å². The lowest BCUT2D eigenvalue weighted by Gasteiger charge is -2.02. The van der Waals surface area contributed by atoms with Crippen LogP contribution in [-0.4, -0.2) is 13.4 Å². The van der Waals surface area contributed by atoms with Gasteiger partial charge < -0.3 is 9.53 Å². The van der Waals surface area contributed by atoms with E-state index >= 15 is 0 Å². The molecule has 13 heavy (non-hydrogen) atoms. The largest absolute Gasteiger partial charge is 0.497 e. The summed E-state index contributed by atoms with van der Waals surface area (Å²) in [6.07, 6.45) is 0.627. The summed E-state index contributed by atoms with van der Waals surface area (Å²) in [4.78, 5) is 10.4. The van der Waals surface area contributed by atoms with Crippen molar-refractivity contribution in [1.82, 2.24) is 0 Å². The van der Waals surface area contributed by atoms with Gasteiger partial charge in [0.25, 0.3) is 0 Å². The number of methoxy groups -OCH3 is 1. The first-order chi connectivity index (χ1) is 6.31. The number of carbonyl (C=O) groups excluding carboxylic acids is 1. The predicted octanol–water partition coefficient (Wildman–Crippen LogP) is 1.50.